The second-order valence-corrected chi connectivity index (χ2v) is 5.54. The molecule has 3 heteroatoms. The van der Waals surface area contributed by atoms with E-state index in [2.05, 4.69) is 25.5 Å². The molecule has 0 amide bonds. The van der Waals surface area contributed by atoms with E-state index in [0.717, 1.165) is 11.7 Å². The van der Waals surface area contributed by atoms with Crippen LogP contribution in [0.2, 0.25) is 0 Å². The van der Waals surface area contributed by atoms with Gasteiger partial charge in [-0.15, -0.1) is 0 Å². The van der Waals surface area contributed by atoms with Gasteiger partial charge in [-0.25, -0.2) is 0 Å². The summed E-state index contributed by atoms with van der Waals surface area (Å²) in [4.78, 5) is 10.9. The van der Waals surface area contributed by atoms with Gasteiger partial charge in [0.25, 0.3) is 0 Å². The molecular weight excluding hydrogens is 196 g/mol. The molecule has 0 rings (SSSR count). The summed E-state index contributed by atoms with van der Waals surface area (Å²) >= 11 is 1.86. The lowest BCUT2D eigenvalue weighted by molar-refractivity contribution is -0.140. The summed E-state index contributed by atoms with van der Waals surface area (Å²) in [7, 11) is 1.44. The first-order valence-corrected chi connectivity index (χ1v) is 6.29. The highest BCUT2D eigenvalue weighted by Crippen LogP contribution is 2.17. The van der Waals surface area contributed by atoms with Gasteiger partial charge >= 0.3 is 5.97 Å². The van der Waals surface area contributed by atoms with Crippen molar-refractivity contribution in [2.75, 3.05) is 12.9 Å². The molecule has 0 heterocycles. The van der Waals surface area contributed by atoms with Crippen molar-refractivity contribution in [1.82, 2.24) is 0 Å². The Morgan fingerprint density at radius 2 is 2.00 bits per heavy atom. The third-order valence-corrected chi connectivity index (χ3v) is 3.27. The van der Waals surface area contributed by atoms with E-state index >= 15 is 0 Å². The van der Waals surface area contributed by atoms with Gasteiger partial charge in [0.1, 0.15) is 0 Å². The second kappa shape index (κ2) is 8.16. The van der Waals surface area contributed by atoms with Crippen LogP contribution in [0.15, 0.2) is 0 Å². The number of carbonyl (C=O) groups excluding carboxylic acids is 1. The summed E-state index contributed by atoms with van der Waals surface area (Å²) in [6.45, 7) is 6.56. The zero-order valence-corrected chi connectivity index (χ0v) is 10.5. The minimum atomic E-state index is -0.103. The van der Waals surface area contributed by atoms with Gasteiger partial charge in [-0.3, -0.25) is 4.79 Å². The van der Waals surface area contributed by atoms with Crippen molar-refractivity contribution in [3.8, 4) is 0 Å². The van der Waals surface area contributed by atoms with Gasteiger partial charge in [-0.1, -0.05) is 27.2 Å². The maximum atomic E-state index is 10.9. The van der Waals surface area contributed by atoms with Crippen LogP contribution in [-0.2, 0) is 9.53 Å². The lowest BCUT2D eigenvalue weighted by Gasteiger charge is -2.10. The fraction of sp³-hybridized carbons (Fsp3) is 0.909. The molecule has 0 aromatic rings. The van der Waals surface area contributed by atoms with E-state index in [1.165, 1.54) is 20.0 Å². The Labute approximate surface area is 91.8 Å². The molecular formula is C11H22O2S. The molecule has 0 bridgehead atoms. The summed E-state index contributed by atoms with van der Waals surface area (Å²) < 4.78 is 4.61. The molecule has 0 spiro atoms. The lowest BCUT2D eigenvalue weighted by atomic mass is 10.1. The first-order chi connectivity index (χ1) is 6.56. The number of methoxy groups -OCH3 is 1. The van der Waals surface area contributed by atoms with Gasteiger partial charge in [0.15, 0.2) is 0 Å². The van der Waals surface area contributed by atoms with E-state index in [-0.39, 0.29) is 5.97 Å². The molecule has 0 aliphatic rings. The van der Waals surface area contributed by atoms with Crippen molar-refractivity contribution in [1.29, 1.82) is 0 Å². The minimum absolute atomic E-state index is 0.103. The first-order valence-electron chi connectivity index (χ1n) is 5.24. The van der Waals surface area contributed by atoms with E-state index in [1.807, 2.05) is 11.8 Å². The Bertz CT molecular complexity index is 157. The Hall–Kier alpha value is -0.180. The summed E-state index contributed by atoms with van der Waals surface area (Å²) in [5.41, 5.74) is 0. The molecule has 0 N–H and O–H groups in total. The molecule has 0 aromatic carbocycles. The number of rotatable bonds is 7. The molecule has 84 valence electrons. The number of ether oxygens (including phenoxy) is 1. The second-order valence-electron chi connectivity index (χ2n) is 4.00. The number of carbonyl (C=O) groups is 1. The summed E-state index contributed by atoms with van der Waals surface area (Å²) in [5, 5.41) is 0.384. The summed E-state index contributed by atoms with van der Waals surface area (Å²) in [6.07, 6.45) is 3.05. The molecule has 0 radical (unpaired) electrons. The Balaban J connectivity index is 3.35. The molecule has 1 atom stereocenters. The maximum Gasteiger partial charge on any atom is 0.306 e. The fourth-order valence-electron chi connectivity index (χ4n) is 1.15. The predicted molar refractivity (Wildman–Crippen MR) is 62.6 cm³/mol. The van der Waals surface area contributed by atoms with Crippen LogP contribution in [-0.4, -0.2) is 24.1 Å². The van der Waals surface area contributed by atoms with E-state index in [0.29, 0.717) is 11.7 Å². The average molecular weight is 218 g/mol. The van der Waals surface area contributed by atoms with Crippen molar-refractivity contribution < 1.29 is 9.53 Å². The zero-order valence-electron chi connectivity index (χ0n) is 9.71. The van der Waals surface area contributed by atoms with E-state index in [9.17, 15) is 4.79 Å². The third-order valence-electron chi connectivity index (χ3n) is 2.01. The van der Waals surface area contributed by atoms with E-state index in [1.54, 1.807) is 0 Å². The molecule has 2 nitrogen and oxygen atoms in total. The largest absolute Gasteiger partial charge is 0.469 e. The lowest BCUT2D eigenvalue weighted by Crippen LogP contribution is -2.09. The van der Waals surface area contributed by atoms with Crippen LogP contribution in [0.1, 0.15) is 40.0 Å². The molecule has 1 unspecified atom stereocenters. The quantitative estimate of drug-likeness (QED) is 0.485. The average Bonchev–Trinajstić information content (AvgIpc) is 2.12. The zero-order chi connectivity index (χ0) is 11.0. The Kier molecular flexibility index (Phi) is 8.05. The maximum absolute atomic E-state index is 10.9. The van der Waals surface area contributed by atoms with E-state index < -0.39 is 0 Å². The van der Waals surface area contributed by atoms with Crippen LogP contribution in [0.3, 0.4) is 0 Å². The standard InChI is InChI=1S/C11H22O2S/c1-9(2)6-5-7-14-10(3)8-11(12)13-4/h9-10H,5-8H2,1-4H3. The molecule has 0 saturated heterocycles. The SMILES string of the molecule is COC(=O)CC(C)SCCCC(C)C. The normalized spacial score (nSPS) is 12.9. The molecule has 0 aliphatic heterocycles. The van der Waals surface area contributed by atoms with Crippen LogP contribution in [0.25, 0.3) is 0 Å². The van der Waals surface area contributed by atoms with Crippen LogP contribution in [0, 0.1) is 5.92 Å². The van der Waals surface area contributed by atoms with Crippen LogP contribution >= 0.6 is 11.8 Å². The number of esters is 1. The van der Waals surface area contributed by atoms with Crippen molar-refractivity contribution in [2.24, 2.45) is 5.92 Å². The van der Waals surface area contributed by atoms with Gasteiger partial charge in [-0.2, -0.15) is 11.8 Å². The fourth-order valence-corrected chi connectivity index (χ4v) is 2.14. The van der Waals surface area contributed by atoms with Crippen LogP contribution in [0.4, 0.5) is 0 Å². The topological polar surface area (TPSA) is 26.3 Å². The molecule has 0 aliphatic carbocycles. The number of hydrogen-bond donors (Lipinski definition) is 0. The van der Waals surface area contributed by atoms with E-state index in [4.69, 9.17) is 0 Å². The Morgan fingerprint density at radius 3 is 2.50 bits per heavy atom. The molecule has 0 saturated carbocycles. The van der Waals surface area contributed by atoms with Gasteiger partial charge in [0, 0.05) is 5.25 Å². The summed E-state index contributed by atoms with van der Waals surface area (Å²) in [6, 6.07) is 0. The summed E-state index contributed by atoms with van der Waals surface area (Å²) in [5.74, 6) is 1.83. The van der Waals surface area contributed by atoms with Crippen LogP contribution < -0.4 is 0 Å². The van der Waals surface area contributed by atoms with Crippen LogP contribution in [0.5, 0.6) is 0 Å². The van der Waals surface area contributed by atoms with Gasteiger partial charge in [0.05, 0.1) is 13.5 Å². The van der Waals surface area contributed by atoms with Crippen molar-refractivity contribution in [2.45, 2.75) is 45.3 Å². The minimum Gasteiger partial charge on any atom is -0.469 e. The van der Waals surface area contributed by atoms with Gasteiger partial charge in [0.2, 0.25) is 0 Å². The Morgan fingerprint density at radius 1 is 1.36 bits per heavy atom. The third kappa shape index (κ3) is 8.42. The first kappa shape index (κ1) is 13.8. The number of hydrogen-bond acceptors (Lipinski definition) is 3. The monoisotopic (exact) mass is 218 g/mol. The van der Waals surface area contributed by atoms with Crippen molar-refractivity contribution in [3.05, 3.63) is 0 Å². The highest BCUT2D eigenvalue weighted by molar-refractivity contribution is 7.99. The van der Waals surface area contributed by atoms with Gasteiger partial charge in [-0.05, 0) is 18.1 Å². The molecule has 0 aromatic heterocycles. The number of thioether (sulfide) groups is 1. The smallest absolute Gasteiger partial charge is 0.306 e. The van der Waals surface area contributed by atoms with Crippen molar-refractivity contribution >= 4 is 17.7 Å². The highest BCUT2D eigenvalue weighted by atomic mass is 32.2. The van der Waals surface area contributed by atoms with Gasteiger partial charge < -0.3 is 4.74 Å². The molecule has 0 fully saturated rings. The van der Waals surface area contributed by atoms with Crippen molar-refractivity contribution in [3.63, 3.8) is 0 Å². The molecule has 14 heavy (non-hydrogen) atoms. The predicted octanol–water partition coefficient (Wildman–Crippen LogP) is 3.11. The highest BCUT2D eigenvalue weighted by Gasteiger charge is 2.08.